The summed E-state index contributed by atoms with van der Waals surface area (Å²) in [5.41, 5.74) is 0.493. The normalized spacial score (nSPS) is 11.1. The van der Waals surface area contributed by atoms with Crippen molar-refractivity contribution >= 4 is 27.6 Å². The lowest BCUT2D eigenvalue weighted by Crippen LogP contribution is -2.21. The van der Waals surface area contributed by atoms with Gasteiger partial charge >= 0.3 is 5.97 Å². The molecule has 144 valence electrons. The van der Waals surface area contributed by atoms with Crippen molar-refractivity contribution in [2.24, 2.45) is 5.14 Å². The average molecular weight is 392 g/mol. The molecule has 0 aromatic heterocycles. The Kier molecular flexibility index (Phi) is 6.54. The first-order valence-corrected chi connectivity index (χ1v) is 9.56. The predicted octanol–water partition coefficient (Wildman–Crippen LogP) is 1.92. The number of sulfonamides is 1. The van der Waals surface area contributed by atoms with Crippen LogP contribution >= 0.6 is 0 Å². The van der Waals surface area contributed by atoms with Crippen LogP contribution in [0.5, 0.6) is 5.75 Å². The minimum atomic E-state index is -3.88. The lowest BCUT2D eigenvalue weighted by molar-refractivity contribution is -0.119. The van der Waals surface area contributed by atoms with Gasteiger partial charge in [-0.15, -0.1) is 0 Å². The molecule has 0 saturated heterocycles. The molecule has 8 nitrogen and oxygen atoms in total. The van der Waals surface area contributed by atoms with Crippen LogP contribution in [0.15, 0.2) is 53.4 Å². The second kappa shape index (κ2) is 8.65. The second-order valence-corrected chi connectivity index (χ2v) is 7.45. The summed E-state index contributed by atoms with van der Waals surface area (Å²) < 4.78 is 33.0. The van der Waals surface area contributed by atoms with Gasteiger partial charge < -0.3 is 14.8 Å². The third-order valence-electron chi connectivity index (χ3n) is 3.24. The molecule has 0 heterocycles. The number of benzene rings is 2. The fourth-order valence-electron chi connectivity index (χ4n) is 2.10. The summed E-state index contributed by atoms with van der Waals surface area (Å²) in [6, 6.07) is 11.8. The number of nitrogens with one attached hydrogen (secondary N) is 1. The summed E-state index contributed by atoms with van der Waals surface area (Å²) in [5.74, 6) is -0.664. The number of carbonyl (C=O) groups excluding carboxylic acids is 2. The van der Waals surface area contributed by atoms with Crippen molar-refractivity contribution in [1.29, 1.82) is 0 Å². The van der Waals surface area contributed by atoms with Crippen LogP contribution in [-0.2, 0) is 19.6 Å². The minimum absolute atomic E-state index is 0.0132. The van der Waals surface area contributed by atoms with Gasteiger partial charge in [0.25, 0.3) is 5.91 Å². The Balaban J connectivity index is 1.91. The number of primary sulfonamides is 1. The maximum absolute atomic E-state index is 12.0. The van der Waals surface area contributed by atoms with E-state index in [1.165, 1.54) is 36.4 Å². The number of hydrogen-bond acceptors (Lipinski definition) is 6. The first-order valence-electron chi connectivity index (χ1n) is 8.02. The van der Waals surface area contributed by atoms with Crippen LogP contribution in [0.4, 0.5) is 5.69 Å². The number of rotatable bonds is 7. The molecular formula is C18H20N2O6S. The van der Waals surface area contributed by atoms with E-state index >= 15 is 0 Å². The Hall–Kier alpha value is -2.91. The van der Waals surface area contributed by atoms with Gasteiger partial charge in [-0.25, -0.2) is 18.4 Å². The van der Waals surface area contributed by atoms with Gasteiger partial charge in [0.05, 0.1) is 16.6 Å². The fourth-order valence-corrected chi connectivity index (χ4v) is 2.66. The molecule has 9 heteroatoms. The van der Waals surface area contributed by atoms with Gasteiger partial charge in [-0.1, -0.05) is 6.07 Å². The molecule has 0 radical (unpaired) electrons. The highest BCUT2D eigenvalue weighted by Crippen LogP contribution is 2.15. The van der Waals surface area contributed by atoms with Gasteiger partial charge in [0.1, 0.15) is 5.75 Å². The number of carbonyl (C=O) groups is 2. The average Bonchev–Trinajstić information content (AvgIpc) is 2.59. The largest absolute Gasteiger partial charge is 0.491 e. The number of amides is 1. The summed E-state index contributed by atoms with van der Waals surface area (Å²) in [4.78, 5) is 23.7. The molecule has 0 bridgehead atoms. The Bertz CT molecular complexity index is 923. The summed E-state index contributed by atoms with van der Waals surface area (Å²) in [5, 5.41) is 7.47. The summed E-state index contributed by atoms with van der Waals surface area (Å²) >= 11 is 0. The molecule has 0 atom stereocenters. The van der Waals surface area contributed by atoms with Gasteiger partial charge in [-0.05, 0) is 56.3 Å². The molecule has 2 aromatic carbocycles. The lowest BCUT2D eigenvalue weighted by Gasteiger charge is -2.10. The lowest BCUT2D eigenvalue weighted by atomic mass is 10.2. The topological polar surface area (TPSA) is 125 Å². The number of hydrogen-bond donors (Lipinski definition) is 2. The van der Waals surface area contributed by atoms with Crippen LogP contribution in [0.1, 0.15) is 24.2 Å². The quantitative estimate of drug-likeness (QED) is 0.694. The molecule has 3 N–H and O–H groups in total. The van der Waals surface area contributed by atoms with E-state index in [1.54, 1.807) is 12.1 Å². The summed E-state index contributed by atoms with van der Waals surface area (Å²) in [7, 11) is -3.88. The second-order valence-electron chi connectivity index (χ2n) is 5.89. The third kappa shape index (κ3) is 6.39. The van der Waals surface area contributed by atoms with E-state index < -0.39 is 28.5 Å². The van der Waals surface area contributed by atoms with Crippen LogP contribution in [0.2, 0.25) is 0 Å². The first-order chi connectivity index (χ1) is 12.6. The van der Waals surface area contributed by atoms with Crippen molar-refractivity contribution in [3.05, 3.63) is 54.1 Å². The first kappa shape index (κ1) is 20.4. The van der Waals surface area contributed by atoms with Gasteiger partial charge in [-0.3, -0.25) is 4.79 Å². The van der Waals surface area contributed by atoms with E-state index in [0.717, 1.165) is 0 Å². The number of nitrogens with two attached hydrogens (primary N) is 1. The molecule has 0 aliphatic rings. The molecule has 0 saturated carbocycles. The van der Waals surface area contributed by atoms with E-state index in [9.17, 15) is 18.0 Å². The van der Waals surface area contributed by atoms with E-state index in [-0.39, 0.29) is 22.3 Å². The van der Waals surface area contributed by atoms with Crippen LogP contribution in [0.25, 0.3) is 0 Å². The molecule has 1 amide bonds. The molecule has 27 heavy (non-hydrogen) atoms. The highest BCUT2D eigenvalue weighted by atomic mass is 32.2. The Labute approximate surface area is 157 Å². The van der Waals surface area contributed by atoms with E-state index in [1.807, 2.05) is 13.8 Å². The van der Waals surface area contributed by atoms with Crippen LogP contribution < -0.4 is 15.2 Å². The monoisotopic (exact) mass is 392 g/mol. The zero-order valence-electron chi connectivity index (χ0n) is 14.8. The zero-order chi connectivity index (χ0) is 20.0. The van der Waals surface area contributed by atoms with Crippen molar-refractivity contribution in [3.63, 3.8) is 0 Å². The standard InChI is InChI=1S/C18H20N2O6S/c1-12(2)26-15-8-6-13(7-9-15)18(22)25-11-17(21)20-14-4-3-5-16(10-14)27(19,23)24/h3-10,12H,11H2,1-2H3,(H,20,21)(H2,19,23,24). The molecular weight excluding hydrogens is 372 g/mol. The van der Waals surface area contributed by atoms with Crippen LogP contribution in [0, 0.1) is 0 Å². The molecule has 2 rings (SSSR count). The molecule has 0 unspecified atom stereocenters. The predicted molar refractivity (Wildman–Crippen MR) is 98.9 cm³/mol. The van der Waals surface area contributed by atoms with Gasteiger partial charge in [0.15, 0.2) is 6.61 Å². The maximum Gasteiger partial charge on any atom is 0.338 e. The number of anilines is 1. The third-order valence-corrected chi connectivity index (χ3v) is 4.15. The van der Waals surface area contributed by atoms with Crippen molar-refractivity contribution in [1.82, 2.24) is 0 Å². The van der Waals surface area contributed by atoms with Gasteiger partial charge in [-0.2, -0.15) is 0 Å². The van der Waals surface area contributed by atoms with Crippen molar-refractivity contribution in [3.8, 4) is 5.75 Å². The van der Waals surface area contributed by atoms with E-state index in [4.69, 9.17) is 14.6 Å². The smallest absolute Gasteiger partial charge is 0.338 e. The molecule has 0 fully saturated rings. The van der Waals surface area contributed by atoms with E-state index in [0.29, 0.717) is 5.75 Å². The molecule has 2 aromatic rings. The van der Waals surface area contributed by atoms with Crippen molar-refractivity contribution in [2.75, 3.05) is 11.9 Å². The van der Waals surface area contributed by atoms with Gasteiger partial charge in [0, 0.05) is 5.69 Å². The van der Waals surface area contributed by atoms with Crippen molar-refractivity contribution < 1.29 is 27.5 Å². The molecule has 0 aliphatic carbocycles. The highest BCUT2D eigenvalue weighted by Gasteiger charge is 2.12. The Morgan fingerprint density at radius 3 is 2.37 bits per heavy atom. The maximum atomic E-state index is 12.0. The minimum Gasteiger partial charge on any atom is -0.491 e. The van der Waals surface area contributed by atoms with Crippen LogP contribution in [-0.4, -0.2) is 33.0 Å². The van der Waals surface area contributed by atoms with E-state index in [2.05, 4.69) is 5.32 Å². The Morgan fingerprint density at radius 2 is 1.78 bits per heavy atom. The molecule has 0 spiro atoms. The van der Waals surface area contributed by atoms with Crippen LogP contribution in [0.3, 0.4) is 0 Å². The SMILES string of the molecule is CC(C)Oc1ccc(C(=O)OCC(=O)Nc2cccc(S(N)(=O)=O)c2)cc1. The zero-order valence-corrected chi connectivity index (χ0v) is 15.7. The summed E-state index contributed by atoms with van der Waals surface area (Å²) in [6.45, 7) is 3.25. The highest BCUT2D eigenvalue weighted by molar-refractivity contribution is 7.89. The Morgan fingerprint density at radius 1 is 1.11 bits per heavy atom. The van der Waals surface area contributed by atoms with Crippen molar-refractivity contribution in [2.45, 2.75) is 24.8 Å². The molecule has 0 aliphatic heterocycles. The summed E-state index contributed by atoms with van der Waals surface area (Å²) in [6.07, 6.45) is 0.0132. The van der Waals surface area contributed by atoms with Gasteiger partial charge in [0.2, 0.25) is 10.0 Å². The number of esters is 1. The fraction of sp³-hybridized carbons (Fsp3) is 0.222. The number of ether oxygens (including phenoxy) is 2.